The average Bonchev–Trinajstić information content (AvgIpc) is 3.04. The molecule has 1 fully saturated rings. The van der Waals surface area contributed by atoms with E-state index in [4.69, 9.17) is 4.74 Å². The molecular formula is C18H27N5O3S. The fourth-order valence-electron chi connectivity index (χ4n) is 3.23. The van der Waals surface area contributed by atoms with Crippen molar-refractivity contribution in [1.82, 2.24) is 24.1 Å². The van der Waals surface area contributed by atoms with Crippen LogP contribution in [0.5, 0.6) is 5.88 Å². The first-order chi connectivity index (χ1) is 12.8. The molecular weight excluding hydrogens is 366 g/mol. The number of rotatable bonds is 6. The molecule has 0 atom stereocenters. The lowest BCUT2D eigenvalue weighted by molar-refractivity contribution is 0.179. The van der Waals surface area contributed by atoms with Gasteiger partial charge in [0, 0.05) is 38.3 Å². The SMILES string of the molecule is Cc1ccc(OCC2CCN(S(=O)(=O)c3cn(C)c(C(C)C)n3)CC2)nn1. The molecule has 2 aromatic rings. The van der Waals surface area contributed by atoms with Crippen molar-refractivity contribution in [3.63, 3.8) is 0 Å². The molecule has 0 amide bonds. The fraction of sp³-hybridized carbons (Fsp3) is 0.611. The molecule has 0 aromatic carbocycles. The van der Waals surface area contributed by atoms with Gasteiger partial charge in [-0.2, -0.15) is 9.40 Å². The molecule has 2 aromatic heterocycles. The number of piperidine rings is 1. The van der Waals surface area contributed by atoms with E-state index in [2.05, 4.69) is 15.2 Å². The molecule has 0 saturated carbocycles. The molecule has 3 rings (SSSR count). The Bertz CT molecular complexity index is 869. The molecule has 1 aliphatic rings. The highest BCUT2D eigenvalue weighted by Crippen LogP contribution is 2.25. The highest BCUT2D eigenvalue weighted by atomic mass is 32.2. The van der Waals surface area contributed by atoms with Crippen LogP contribution in [0.15, 0.2) is 23.4 Å². The first-order valence-electron chi connectivity index (χ1n) is 9.24. The van der Waals surface area contributed by atoms with Gasteiger partial charge in [-0.25, -0.2) is 13.4 Å². The zero-order chi connectivity index (χ0) is 19.6. The summed E-state index contributed by atoms with van der Waals surface area (Å²) < 4.78 is 34.8. The number of hydrogen-bond acceptors (Lipinski definition) is 6. The van der Waals surface area contributed by atoms with Gasteiger partial charge in [0.15, 0.2) is 5.03 Å². The van der Waals surface area contributed by atoms with Crippen LogP contribution in [-0.2, 0) is 17.1 Å². The summed E-state index contributed by atoms with van der Waals surface area (Å²) in [5.74, 6) is 1.75. The molecule has 27 heavy (non-hydrogen) atoms. The predicted octanol–water partition coefficient (Wildman–Crippen LogP) is 2.12. The van der Waals surface area contributed by atoms with E-state index in [0.29, 0.717) is 31.5 Å². The van der Waals surface area contributed by atoms with Crippen molar-refractivity contribution in [2.45, 2.75) is 44.6 Å². The zero-order valence-electron chi connectivity index (χ0n) is 16.3. The number of imidazole rings is 1. The Morgan fingerprint density at radius 1 is 1.22 bits per heavy atom. The van der Waals surface area contributed by atoms with Gasteiger partial charge in [-0.05, 0) is 31.7 Å². The van der Waals surface area contributed by atoms with Crippen LogP contribution in [0.3, 0.4) is 0 Å². The van der Waals surface area contributed by atoms with Crippen LogP contribution in [0.1, 0.15) is 44.1 Å². The van der Waals surface area contributed by atoms with Gasteiger partial charge in [0.25, 0.3) is 10.0 Å². The average molecular weight is 394 g/mol. The van der Waals surface area contributed by atoms with Gasteiger partial charge in [0.05, 0.1) is 12.3 Å². The molecule has 0 spiro atoms. The van der Waals surface area contributed by atoms with Crippen LogP contribution in [0.25, 0.3) is 0 Å². The van der Waals surface area contributed by atoms with E-state index < -0.39 is 10.0 Å². The van der Waals surface area contributed by atoms with Crippen molar-refractivity contribution in [3.05, 3.63) is 29.8 Å². The third kappa shape index (κ3) is 4.47. The first-order valence-corrected chi connectivity index (χ1v) is 10.7. The predicted molar refractivity (Wildman–Crippen MR) is 101 cm³/mol. The van der Waals surface area contributed by atoms with Crippen molar-refractivity contribution in [3.8, 4) is 5.88 Å². The third-order valence-electron chi connectivity index (χ3n) is 4.82. The minimum atomic E-state index is -3.55. The van der Waals surface area contributed by atoms with Crippen molar-refractivity contribution in [2.24, 2.45) is 13.0 Å². The maximum Gasteiger partial charge on any atom is 0.262 e. The van der Waals surface area contributed by atoms with Crippen LogP contribution >= 0.6 is 0 Å². The smallest absolute Gasteiger partial charge is 0.262 e. The van der Waals surface area contributed by atoms with E-state index in [1.807, 2.05) is 33.9 Å². The number of ether oxygens (including phenoxy) is 1. The lowest BCUT2D eigenvalue weighted by Crippen LogP contribution is -2.39. The summed E-state index contributed by atoms with van der Waals surface area (Å²) in [6.07, 6.45) is 3.11. The summed E-state index contributed by atoms with van der Waals surface area (Å²) >= 11 is 0. The summed E-state index contributed by atoms with van der Waals surface area (Å²) in [6.45, 7) is 7.35. The largest absolute Gasteiger partial charge is 0.476 e. The second-order valence-corrected chi connectivity index (χ2v) is 9.26. The summed E-state index contributed by atoms with van der Waals surface area (Å²) in [7, 11) is -1.72. The Morgan fingerprint density at radius 2 is 1.93 bits per heavy atom. The Labute approximate surface area is 160 Å². The van der Waals surface area contributed by atoms with E-state index in [1.54, 1.807) is 16.8 Å². The number of aryl methyl sites for hydroxylation is 2. The molecule has 1 saturated heterocycles. The number of sulfonamides is 1. The summed E-state index contributed by atoms with van der Waals surface area (Å²) in [5, 5.41) is 8.10. The molecule has 0 N–H and O–H groups in total. The van der Waals surface area contributed by atoms with Crippen molar-refractivity contribution in [1.29, 1.82) is 0 Å². The molecule has 0 aliphatic carbocycles. The molecule has 3 heterocycles. The van der Waals surface area contributed by atoms with E-state index in [0.717, 1.165) is 24.4 Å². The fourth-order valence-corrected chi connectivity index (χ4v) is 4.68. The molecule has 9 heteroatoms. The van der Waals surface area contributed by atoms with Gasteiger partial charge in [-0.15, -0.1) is 5.10 Å². The van der Waals surface area contributed by atoms with Crippen LogP contribution in [0.4, 0.5) is 0 Å². The van der Waals surface area contributed by atoms with Gasteiger partial charge in [0.1, 0.15) is 5.82 Å². The Balaban J connectivity index is 1.57. The van der Waals surface area contributed by atoms with Crippen molar-refractivity contribution >= 4 is 10.0 Å². The maximum atomic E-state index is 12.9. The first kappa shape index (κ1) is 19.8. The minimum absolute atomic E-state index is 0.137. The summed E-state index contributed by atoms with van der Waals surface area (Å²) in [5.41, 5.74) is 0.844. The highest BCUT2D eigenvalue weighted by molar-refractivity contribution is 7.89. The van der Waals surface area contributed by atoms with Crippen LogP contribution in [0, 0.1) is 12.8 Å². The Hall–Kier alpha value is -2.00. The summed E-state index contributed by atoms with van der Waals surface area (Å²) in [6, 6.07) is 3.66. The van der Waals surface area contributed by atoms with E-state index in [9.17, 15) is 8.42 Å². The van der Waals surface area contributed by atoms with Gasteiger partial charge < -0.3 is 9.30 Å². The lowest BCUT2D eigenvalue weighted by atomic mass is 9.99. The monoisotopic (exact) mass is 393 g/mol. The zero-order valence-corrected chi connectivity index (χ0v) is 17.1. The normalized spacial score (nSPS) is 16.8. The lowest BCUT2D eigenvalue weighted by Gasteiger charge is -2.30. The Kier molecular flexibility index (Phi) is 5.81. The molecule has 8 nitrogen and oxygen atoms in total. The van der Waals surface area contributed by atoms with E-state index in [1.165, 1.54) is 4.31 Å². The van der Waals surface area contributed by atoms with Crippen molar-refractivity contribution < 1.29 is 13.2 Å². The standard InChI is InChI=1S/C18H27N5O3S/c1-13(2)18-19-17(11-22(18)4)27(24,25)23-9-7-15(8-10-23)12-26-16-6-5-14(3)20-21-16/h5-6,11,13,15H,7-10,12H2,1-4H3. The maximum absolute atomic E-state index is 12.9. The number of nitrogens with zero attached hydrogens (tertiary/aromatic N) is 5. The quantitative estimate of drug-likeness (QED) is 0.747. The van der Waals surface area contributed by atoms with E-state index >= 15 is 0 Å². The minimum Gasteiger partial charge on any atom is -0.476 e. The molecule has 1 aliphatic heterocycles. The van der Waals surface area contributed by atoms with Gasteiger partial charge in [-0.3, -0.25) is 0 Å². The topological polar surface area (TPSA) is 90.2 Å². The van der Waals surface area contributed by atoms with Crippen LogP contribution in [0.2, 0.25) is 0 Å². The second-order valence-electron chi connectivity index (χ2n) is 7.37. The highest BCUT2D eigenvalue weighted by Gasteiger charge is 2.32. The van der Waals surface area contributed by atoms with Gasteiger partial charge in [0.2, 0.25) is 5.88 Å². The number of aromatic nitrogens is 4. The van der Waals surface area contributed by atoms with Gasteiger partial charge in [-0.1, -0.05) is 13.8 Å². The molecule has 0 bridgehead atoms. The Morgan fingerprint density at radius 3 is 2.48 bits per heavy atom. The molecule has 148 valence electrons. The second kappa shape index (κ2) is 7.93. The van der Waals surface area contributed by atoms with E-state index in [-0.39, 0.29) is 10.9 Å². The third-order valence-corrected chi connectivity index (χ3v) is 6.59. The molecule has 0 unspecified atom stereocenters. The van der Waals surface area contributed by atoms with Crippen molar-refractivity contribution in [2.75, 3.05) is 19.7 Å². The van der Waals surface area contributed by atoms with Crippen LogP contribution in [-0.4, -0.2) is 52.2 Å². The number of hydrogen-bond donors (Lipinski definition) is 0. The van der Waals surface area contributed by atoms with Gasteiger partial charge >= 0.3 is 0 Å². The summed E-state index contributed by atoms with van der Waals surface area (Å²) in [4.78, 5) is 4.35. The van der Waals surface area contributed by atoms with Crippen LogP contribution < -0.4 is 4.74 Å². The molecule has 0 radical (unpaired) electrons.